The Hall–Kier alpha value is -2.22. The minimum Gasteiger partial charge on any atom is -0.496 e. The van der Waals surface area contributed by atoms with Crippen LogP contribution < -0.4 is 10.4 Å². The lowest BCUT2D eigenvalue weighted by molar-refractivity contribution is -0.137. The Morgan fingerprint density at radius 1 is 1.21 bits per heavy atom. The number of hydrogen-bond donors (Lipinski definition) is 1. The lowest BCUT2D eigenvalue weighted by Gasteiger charge is -2.10. The number of aromatic nitrogens is 2. The molecule has 1 heterocycles. The molecule has 0 unspecified atom stereocenters. The number of nitrogens with zero attached hydrogens (tertiary/aromatic N) is 1. The summed E-state index contributed by atoms with van der Waals surface area (Å²) >= 11 is 3.35. The molecule has 0 fully saturated rings. The number of rotatable bonds is 3. The van der Waals surface area contributed by atoms with Gasteiger partial charge < -0.3 is 9.72 Å². The van der Waals surface area contributed by atoms with Crippen LogP contribution in [0.25, 0.3) is 11.0 Å². The smallest absolute Gasteiger partial charge is 0.416 e. The quantitative estimate of drug-likeness (QED) is 0.717. The van der Waals surface area contributed by atoms with Crippen molar-refractivity contribution in [3.05, 3.63) is 62.5 Å². The molecule has 2 aromatic carbocycles. The molecule has 1 N–H and O–H groups in total. The first kappa shape index (κ1) is 16.6. The predicted octanol–water partition coefficient (Wildman–Crippen LogP) is 4.17. The van der Waals surface area contributed by atoms with Crippen LogP contribution in [0.2, 0.25) is 0 Å². The fraction of sp³-hybridized carbons (Fsp3) is 0.188. The molecule has 0 aliphatic rings. The minimum absolute atomic E-state index is 0.142. The first-order chi connectivity index (χ1) is 11.3. The second-order valence-corrected chi connectivity index (χ2v) is 6.12. The van der Waals surface area contributed by atoms with E-state index in [0.717, 1.165) is 22.2 Å². The van der Waals surface area contributed by atoms with Crippen molar-refractivity contribution in [1.82, 2.24) is 9.55 Å². The van der Waals surface area contributed by atoms with E-state index in [1.54, 1.807) is 18.2 Å². The zero-order valence-electron chi connectivity index (χ0n) is 12.4. The number of methoxy groups -OCH3 is 1. The predicted molar refractivity (Wildman–Crippen MR) is 87.4 cm³/mol. The van der Waals surface area contributed by atoms with Gasteiger partial charge in [-0.1, -0.05) is 15.9 Å². The van der Waals surface area contributed by atoms with Crippen LogP contribution >= 0.6 is 15.9 Å². The van der Waals surface area contributed by atoms with Crippen molar-refractivity contribution in [2.45, 2.75) is 12.7 Å². The Bertz CT molecular complexity index is 960. The summed E-state index contributed by atoms with van der Waals surface area (Å²) in [5.41, 5.74) is -0.0108. The van der Waals surface area contributed by atoms with E-state index in [2.05, 4.69) is 20.9 Å². The summed E-state index contributed by atoms with van der Waals surface area (Å²) in [7, 11) is 1.51. The number of imidazole rings is 1. The van der Waals surface area contributed by atoms with E-state index >= 15 is 0 Å². The summed E-state index contributed by atoms with van der Waals surface area (Å²) in [6, 6.07) is 8.54. The molecule has 0 spiro atoms. The van der Waals surface area contributed by atoms with Gasteiger partial charge in [-0.2, -0.15) is 13.2 Å². The topological polar surface area (TPSA) is 47.0 Å². The average Bonchev–Trinajstić information content (AvgIpc) is 2.82. The van der Waals surface area contributed by atoms with Gasteiger partial charge >= 0.3 is 11.9 Å². The molecule has 0 atom stereocenters. The Kier molecular flexibility index (Phi) is 4.16. The van der Waals surface area contributed by atoms with Crippen LogP contribution in [0.15, 0.2) is 45.7 Å². The minimum atomic E-state index is -4.46. The normalized spacial score (nSPS) is 11.9. The Labute approximate surface area is 143 Å². The van der Waals surface area contributed by atoms with Crippen LogP contribution in [0.1, 0.15) is 11.1 Å². The molecule has 0 radical (unpaired) electrons. The molecule has 0 saturated carbocycles. The number of halogens is 4. The Balaban J connectivity index is 2.09. The van der Waals surface area contributed by atoms with Crippen molar-refractivity contribution < 1.29 is 17.9 Å². The van der Waals surface area contributed by atoms with Crippen molar-refractivity contribution in [3.8, 4) is 5.75 Å². The van der Waals surface area contributed by atoms with E-state index < -0.39 is 17.4 Å². The third-order valence-electron chi connectivity index (χ3n) is 3.67. The molecule has 0 aliphatic carbocycles. The maximum atomic E-state index is 12.8. The van der Waals surface area contributed by atoms with Crippen LogP contribution in [0, 0.1) is 0 Å². The Morgan fingerprint density at radius 3 is 2.62 bits per heavy atom. The van der Waals surface area contributed by atoms with Gasteiger partial charge in [-0.05, 0) is 36.4 Å². The molecular weight excluding hydrogens is 389 g/mol. The van der Waals surface area contributed by atoms with Crippen molar-refractivity contribution >= 4 is 27.0 Å². The summed E-state index contributed by atoms with van der Waals surface area (Å²) < 4.78 is 45.8. The number of benzene rings is 2. The van der Waals surface area contributed by atoms with E-state index in [1.165, 1.54) is 17.7 Å². The summed E-state index contributed by atoms with van der Waals surface area (Å²) in [5, 5.41) is 0. The second kappa shape index (κ2) is 6.01. The fourth-order valence-electron chi connectivity index (χ4n) is 2.54. The summed E-state index contributed by atoms with van der Waals surface area (Å²) in [4.78, 5) is 14.6. The number of fused-ring (bicyclic) bond motifs is 1. The number of aromatic amines is 1. The van der Waals surface area contributed by atoms with Gasteiger partial charge in [0.1, 0.15) is 5.75 Å². The van der Waals surface area contributed by atoms with Gasteiger partial charge in [0, 0.05) is 10.0 Å². The summed E-state index contributed by atoms with van der Waals surface area (Å²) in [6.07, 6.45) is -4.46. The number of ether oxygens (including phenoxy) is 1. The van der Waals surface area contributed by atoms with Crippen LogP contribution in [0.5, 0.6) is 5.75 Å². The van der Waals surface area contributed by atoms with Crippen molar-refractivity contribution in [1.29, 1.82) is 0 Å². The maximum absolute atomic E-state index is 12.8. The molecule has 0 saturated heterocycles. The summed E-state index contributed by atoms with van der Waals surface area (Å²) in [5.74, 6) is 0.589. The largest absolute Gasteiger partial charge is 0.496 e. The zero-order chi connectivity index (χ0) is 17.5. The number of H-pyrrole nitrogens is 1. The summed E-state index contributed by atoms with van der Waals surface area (Å²) in [6.45, 7) is 0.173. The van der Waals surface area contributed by atoms with Crippen molar-refractivity contribution in [3.63, 3.8) is 0 Å². The molecule has 24 heavy (non-hydrogen) atoms. The van der Waals surface area contributed by atoms with E-state index in [4.69, 9.17) is 4.74 Å². The SMILES string of the molecule is COc1ccc(Br)cc1Cn1c(=O)[nH]c2cc(C(F)(F)F)ccc21. The second-order valence-electron chi connectivity index (χ2n) is 5.20. The van der Waals surface area contributed by atoms with Crippen LogP contribution in [0.4, 0.5) is 13.2 Å². The number of alkyl halides is 3. The van der Waals surface area contributed by atoms with Gasteiger partial charge in [0.15, 0.2) is 0 Å². The van der Waals surface area contributed by atoms with Crippen LogP contribution in [-0.4, -0.2) is 16.7 Å². The van der Waals surface area contributed by atoms with Gasteiger partial charge in [-0.15, -0.1) is 0 Å². The molecule has 3 rings (SSSR count). The lowest BCUT2D eigenvalue weighted by atomic mass is 10.1. The first-order valence-corrected chi connectivity index (χ1v) is 7.71. The molecule has 126 valence electrons. The first-order valence-electron chi connectivity index (χ1n) is 6.92. The number of nitrogens with one attached hydrogen (secondary N) is 1. The van der Waals surface area contributed by atoms with E-state index in [-0.39, 0.29) is 12.1 Å². The third-order valence-corrected chi connectivity index (χ3v) is 4.17. The molecule has 4 nitrogen and oxygen atoms in total. The fourth-order valence-corrected chi connectivity index (χ4v) is 2.95. The molecule has 1 aromatic heterocycles. The van der Waals surface area contributed by atoms with Gasteiger partial charge in [0.05, 0.1) is 30.3 Å². The highest BCUT2D eigenvalue weighted by Gasteiger charge is 2.30. The van der Waals surface area contributed by atoms with Gasteiger partial charge in [0.25, 0.3) is 0 Å². The molecule has 0 bridgehead atoms. The van der Waals surface area contributed by atoms with Crippen LogP contribution in [0.3, 0.4) is 0 Å². The molecule has 0 amide bonds. The molecular formula is C16H12BrF3N2O2. The number of hydrogen-bond acceptors (Lipinski definition) is 2. The van der Waals surface area contributed by atoms with Gasteiger partial charge in [-0.3, -0.25) is 4.57 Å². The maximum Gasteiger partial charge on any atom is 0.416 e. The molecule has 0 aliphatic heterocycles. The van der Waals surface area contributed by atoms with Crippen molar-refractivity contribution in [2.75, 3.05) is 7.11 Å². The average molecular weight is 401 g/mol. The standard InChI is InChI=1S/C16H12BrF3N2O2/c1-24-14-5-3-11(17)6-9(14)8-22-13-4-2-10(16(18,19)20)7-12(13)21-15(22)23/h2-7H,8H2,1H3,(H,21,23). The zero-order valence-corrected chi connectivity index (χ0v) is 14.0. The van der Waals surface area contributed by atoms with E-state index in [1.807, 2.05) is 0 Å². The molecule has 8 heteroatoms. The highest BCUT2D eigenvalue weighted by atomic mass is 79.9. The highest BCUT2D eigenvalue weighted by molar-refractivity contribution is 9.10. The van der Waals surface area contributed by atoms with Crippen LogP contribution in [-0.2, 0) is 12.7 Å². The van der Waals surface area contributed by atoms with Crippen molar-refractivity contribution in [2.24, 2.45) is 0 Å². The van der Waals surface area contributed by atoms with E-state index in [9.17, 15) is 18.0 Å². The monoisotopic (exact) mass is 400 g/mol. The van der Waals surface area contributed by atoms with Gasteiger partial charge in [0.2, 0.25) is 0 Å². The van der Waals surface area contributed by atoms with E-state index in [0.29, 0.717) is 11.3 Å². The highest BCUT2D eigenvalue weighted by Crippen LogP contribution is 2.31. The Morgan fingerprint density at radius 2 is 1.96 bits per heavy atom. The third kappa shape index (κ3) is 3.06. The molecule has 3 aromatic rings. The van der Waals surface area contributed by atoms with Gasteiger partial charge in [-0.25, -0.2) is 4.79 Å². The lowest BCUT2D eigenvalue weighted by Crippen LogP contribution is -2.17.